The summed E-state index contributed by atoms with van der Waals surface area (Å²) >= 11 is 3.14. The van der Waals surface area contributed by atoms with Crippen LogP contribution in [0.15, 0.2) is 45.8 Å². The van der Waals surface area contributed by atoms with Gasteiger partial charge in [-0.15, -0.1) is 0 Å². The minimum atomic E-state index is -0.991. The van der Waals surface area contributed by atoms with Gasteiger partial charge < -0.3 is 14.5 Å². The summed E-state index contributed by atoms with van der Waals surface area (Å²) in [5.74, 6) is -0.812. The predicted octanol–water partition coefficient (Wildman–Crippen LogP) is 2.65. The van der Waals surface area contributed by atoms with E-state index in [-0.39, 0.29) is 12.3 Å². The average molecular weight is 367 g/mol. The Balaban J connectivity index is 2.28. The lowest BCUT2D eigenvalue weighted by molar-refractivity contribution is -0.142. The van der Waals surface area contributed by atoms with E-state index in [0.29, 0.717) is 15.9 Å². The van der Waals surface area contributed by atoms with Crippen molar-refractivity contribution < 1.29 is 18.7 Å². The maximum absolute atomic E-state index is 12.3. The van der Waals surface area contributed by atoms with E-state index < -0.39 is 11.5 Å². The van der Waals surface area contributed by atoms with E-state index in [1.54, 1.807) is 37.4 Å². The number of hydrogen-bond acceptors (Lipinski definition) is 5. The van der Waals surface area contributed by atoms with Crippen molar-refractivity contribution in [1.29, 1.82) is 0 Å². The average Bonchev–Trinajstić information content (AvgIpc) is 2.94. The summed E-state index contributed by atoms with van der Waals surface area (Å²) in [5.41, 5.74) is -0.0787. The molecule has 22 heavy (non-hydrogen) atoms. The molecule has 0 fully saturated rings. The van der Waals surface area contributed by atoms with Crippen molar-refractivity contribution in [3.63, 3.8) is 0 Å². The summed E-state index contributed by atoms with van der Waals surface area (Å²) in [6, 6.07) is 6.84. The number of hydrogen-bond donors (Lipinski definition) is 1. The fraction of sp³-hybridized carbons (Fsp3) is 0.267. The lowest BCUT2D eigenvalue weighted by Crippen LogP contribution is -2.45. The highest BCUT2D eigenvalue weighted by atomic mass is 79.9. The molecular formula is C15H15BrN2O4. The van der Waals surface area contributed by atoms with Gasteiger partial charge in [0.25, 0.3) is 5.91 Å². The zero-order valence-corrected chi connectivity index (χ0v) is 13.7. The van der Waals surface area contributed by atoms with Gasteiger partial charge in [-0.3, -0.25) is 14.6 Å². The topological polar surface area (TPSA) is 81.4 Å². The summed E-state index contributed by atoms with van der Waals surface area (Å²) in [6.07, 6.45) is 2.90. The summed E-state index contributed by atoms with van der Waals surface area (Å²) in [7, 11) is 1.30. The maximum Gasteiger partial charge on any atom is 0.308 e. The number of ether oxygens (including phenoxy) is 1. The van der Waals surface area contributed by atoms with Crippen molar-refractivity contribution >= 4 is 27.8 Å². The lowest BCUT2D eigenvalue weighted by Gasteiger charge is -2.29. The second-order valence-electron chi connectivity index (χ2n) is 4.89. The number of nitrogens with zero attached hydrogens (tertiary/aromatic N) is 1. The highest BCUT2D eigenvalue weighted by Gasteiger charge is 2.33. The molecular weight excluding hydrogens is 352 g/mol. The standard InChI is InChI=1S/C15H15BrN2O4/c1-15(8-13(19)21-2,11-5-3-4-6-17-11)18-14(20)10-7-12(16)22-9-10/h3-7,9H,8H2,1-2H3,(H,18,20)/t15-/m0/s1. The summed E-state index contributed by atoms with van der Waals surface area (Å²) in [5, 5.41) is 2.82. The van der Waals surface area contributed by atoms with Crippen LogP contribution in [0.25, 0.3) is 0 Å². The van der Waals surface area contributed by atoms with Crippen molar-refractivity contribution in [2.45, 2.75) is 18.9 Å². The Morgan fingerprint density at radius 1 is 1.45 bits per heavy atom. The van der Waals surface area contributed by atoms with Gasteiger partial charge in [0.05, 0.1) is 30.3 Å². The van der Waals surface area contributed by atoms with Gasteiger partial charge in [-0.2, -0.15) is 0 Å². The van der Waals surface area contributed by atoms with Gasteiger partial charge in [0.15, 0.2) is 4.67 Å². The monoisotopic (exact) mass is 366 g/mol. The van der Waals surface area contributed by atoms with Gasteiger partial charge >= 0.3 is 5.97 Å². The zero-order valence-electron chi connectivity index (χ0n) is 12.1. The van der Waals surface area contributed by atoms with Crippen molar-refractivity contribution in [3.8, 4) is 0 Å². The Labute approximate surface area is 136 Å². The van der Waals surface area contributed by atoms with E-state index in [1.807, 2.05) is 0 Å². The molecule has 0 saturated carbocycles. The third-order valence-corrected chi connectivity index (χ3v) is 3.59. The van der Waals surface area contributed by atoms with Crippen molar-refractivity contribution in [1.82, 2.24) is 10.3 Å². The molecule has 7 heteroatoms. The number of halogens is 1. The molecule has 2 aromatic rings. The van der Waals surface area contributed by atoms with Gasteiger partial charge in [0.1, 0.15) is 6.26 Å². The van der Waals surface area contributed by atoms with E-state index in [4.69, 9.17) is 9.15 Å². The van der Waals surface area contributed by atoms with Crippen molar-refractivity contribution in [3.05, 3.63) is 52.7 Å². The zero-order chi connectivity index (χ0) is 16.2. The van der Waals surface area contributed by atoms with Gasteiger partial charge in [0, 0.05) is 12.3 Å². The van der Waals surface area contributed by atoms with Gasteiger partial charge in [-0.1, -0.05) is 6.07 Å². The SMILES string of the molecule is COC(=O)C[C@](C)(NC(=O)c1coc(Br)c1)c1ccccn1. The van der Waals surface area contributed by atoms with E-state index in [2.05, 4.69) is 26.2 Å². The Kier molecular flexibility index (Phi) is 4.97. The molecule has 2 rings (SSSR count). The van der Waals surface area contributed by atoms with E-state index in [1.165, 1.54) is 13.4 Å². The van der Waals surface area contributed by atoms with Crippen LogP contribution in [0.3, 0.4) is 0 Å². The van der Waals surface area contributed by atoms with Crippen LogP contribution in [0.5, 0.6) is 0 Å². The molecule has 0 aliphatic carbocycles. The number of carbonyl (C=O) groups excluding carboxylic acids is 2. The molecule has 0 aliphatic heterocycles. The second kappa shape index (κ2) is 6.74. The molecule has 0 aromatic carbocycles. The molecule has 0 aliphatic rings. The van der Waals surface area contributed by atoms with E-state index >= 15 is 0 Å². The highest BCUT2D eigenvalue weighted by Crippen LogP contribution is 2.24. The molecule has 0 radical (unpaired) electrons. The van der Waals surface area contributed by atoms with Gasteiger partial charge in [-0.05, 0) is 35.0 Å². The summed E-state index contributed by atoms with van der Waals surface area (Å²) in [6.45, 7) is 1.72. The lowest BCUT2D eigenvalue weighted by atomic mass is 9.92. The molecule has 116 valence electrons. The van der Waals surface area contributed by atoms with Crippen molar-refractivity contribution in [2.24, 2.45) is 0 Å². The normalized spacial score (nSPS) is 13.2. The molecule has 0 spiro atoms. The highest BCUT2D eigenvalue weighted by molar-refractivity contribution is 9.10. The molecule has 0 unspecified atom stereocenters. The van der Waals surface area contributed by atoms with Crippen LogP contribution in [0.1, 0.15) is 29.4 Å². The smallest absolute Gasteiger partial charge is 0.308 e. The van der Waals surface area contributed by atoms with Crippen LogP contribution < -0.4 is 5.32 Å². The minimum absolute atomic E-state index is 0.0364. The first-order valence-corrected chi connectivity index (χ1v) is 7.29. The molecule has 1 amide bonds. The fourth-order valence-electron chi connectivity index (χ4n) is 2.00. The molecule has 2 aromatic heterocycles. The third kappa shape index (κ3) is 3.73. The number of rotatable bonds is 5. The first-order valence-electron chi connectivity index (χ1n) is 6.49. The molecule has 1 N–H and O–H groups in total. The largest absolute Gasteiger partial charge is 0.469 e. The Morgan fingerprint density at radius 2 is 2.23 bits per heavy atom. The number of amides is 1. The Morgan fingerprint density at radius 3 is 2.77 bits per heavy atom. The predicted molar refractivity (Wildman–Crippen MR) is 82.1 cm³/mol. The quantitative estimate of drug-likeness (QED) is 0.822. The van der Waals surface area contributed by atoms with Crippen LogP contribution in [-0.2, 0) is 15.1 Å². The molecule has 2 heterocycles. The number of aromatic nitrogens is 1. The van der Waals surface area contributed by atoms with Crippen molar-refractivity contribution in [2.75, 3.05) is 7.11 Å². The number of nitrogens with one attached hydrogen (secondary N) is 1. The molecule has 1 atom stereocenters. The second-order valence-corrected chi connectivity index (χ2v) is 5.68. The van der Waals surface area contributed by atoms with Crippen LogP contribution >= 0.6 is 15.9 Å². The maximum atomic E-state index is 12.3. The number of carbonyl (C=O) groups is 2. The van der Waals surface area contributed by atoms with Gasteiger partial charge in [-0.25, -0.2) is 0 Å². The van der Waals surface area contributed by atoms with Crippen LogP contribution in [-0.4, -0.2) is 24.0 Å². The first-order chi connectivity index (χ1) is 10.4. The van der Waals surface area contributed by atoms with Crippen LogP contribution in [0, 0.1) is 0 Å². The van der Waals surface area contributed by atoms with E-state index in [9.17, 15) is 9.59 Å². The molecule has 0 bridgehead atoms. The number of pyridine rings is 1. The minimum Gasteiger partial charge on any atom is -0.469 e. The summed E-state index contributed by atoms with van der Waals surface area (Å²) in [4.78, 5) is 28.3. The first kappa shape index (κ1) is 16.2. The molecule has 0 saturated heterocycles. The Bertz CT molecular complexity index is 671. The van der Waals surface area contributed by atoms with Crippen LogP contribution in [0.4, 0.5) is 0 Å². The number of methoxy groups -OCH3 is 1. The summed E-state index contributed by atoms with van der Waals surface area (Å²) < 4.78 is 10.2. The fourth-order valence-corrected chi connectivity index (χ4v) is 2.34. The van der Waals surface area contributed by atoms with Crippen LogP contribution in [0.2, 0.25) is 0 Å². The Hall–Kier alpha value is -2.15. The third-order valence-electron chi connectivity index (χ3n) is 3.17. The van der Waals surface area contributed by atoms with E-state index in [0.717, 1.165) is 0 Å². The number of esters is 1. The molecule has 6 nitrogen and oxygen atoms in total. The van der Waals surface area contributed by atoms with Gasteiger partial charge in [0.2, 0.25) is 0 Å². The number of furan rings is 1.